The third-order valence-corrected chi connectivity index (χ3v) is 3.05. The Morgan fingerprint density at radius 2 is 1.65 bits per heavy atom. The van der Waals surface area contributed by atoms with E-state index in [0.717, 1.165) is 0 Å². The summed E-state index contributed by atoms with van der Waals surface area (Å²) in [4.78, 5) is 0. The van der Waals surface area contributed by atoms with Gasteiger partial charge in [-0.15, -0.1) is 11.6 Å². The SMILES string of the molecule is COc1cccc(OC)c1Oc1ccc(F)cc1CCl. The van der Waals surface area contributed by atoms with Crippen molar-refractivity contribution in [2.24, 2.45) is 0 Å². The highest BCUT2D eigenvalue weighted by Crippen LogP contribution is 2.41. The zero-order valence-electron chi connectivity index (χ0n) is 11.2. The van der Waals surface area contributed by atoms with Crippen molar-refractivity contribution in [2.45, 2.75) is 5.88 Å². The molecule has 0 saturated carbocycles. The van der Waals surface area contributed by atoms with Gasteiger partial charge in [0, 0.05) is 5.56 Å². The van der Waals surface area contributed by atoms with E-state index in [1.807, 2.05) is 0 Å². The number of rotatable bonds is 5. The van der Waals surface area contributed by atoms with Crippen LogP contribution in [-0.2, 0) is 5.88 Å². The van der Waals surface area contributed by atoms with Gasteiger partial charge >= 0.3 is 0 Å². The number of methoxy groups -OCH3 is 2. The fourth-order valence-electron chi connectivity index (χ4n) is 1.78. The lowest BCUT2D eigenvalue weighted by molar-refractivity contribution is 0.345. The summed E-state index contributed by atoms with van der Waals surface area (Å²) in [6.45, 7) is 0. The van der Waals surface area contributed by atoms with Gasteiger partial charge in [0.1, 0.15) is 11.6 Å². The van der Waals surface area contributed by atoms with Crippen LogP contribution in [0.15, 0.2) is 36.4 Å². The molecule has 0 aromatic heterocycles. The Hall–Kier alpha value is -1.94. The second-order valence-electron chi connectivity index (χ2n) is 3.98. The van der Waals surface area contributed by atoms with Crippen molar-refractivity contribution >= 4 is 11.6 Å². The van der Waals surface area contributed by atoms with Crippen LogP contribution in [0, 0.1) is 5.82 Å². The molecule has 0 bridgehead atoms. The zero-order valence-corrected chi connectivity index (χ0v) is 11.9. The largest absolute Gasteiger partial charge is 0.493 e. The molecule has 0 amide bonds. The standard InChI is InChI=1S/C15H14ClFO3/c1-18-13-4-3-5-14(19-2)15(13)20-12-7-6-11(17)8-10(12)9-16/h3-8H,9H2,1-2H3. The normalized spacial score (nSPS) is 10.2. The molecule has 2 aromatic rings. The van der Waals surface area contributed by atoms with E-state index in [-0.39, 0.29) is 11.7 Å². The maximum absolute atomic E-state index is 13.2. The summed E-state index contributed by atoms with van der Waals surface area (Å²) in [5.41, 5.74) is 0.555. The molecule has 2 aromatic carbocycles. The van der Waals surface area contributed by atoms with Crippen molar-refractivity contribution in [3.8, 4) is 23.0 Å². The quantitative estimate of drug-likeness (QED) is 0.767. The maximum Gasteiger partial charge on any atom is 0.211 e. The molecular weight excluding hydrogens is 283 g/mol. The van der Waals surface area contributed by atoms with Gasteiger partial charge in [0.2, 0.25) is 5.75 Å². The minimum Gasteiger partial charge on any atom is -0.493 e. The summed E-state index contributed by atoms with van der Waals surface area (Å²) in [6.07, 6.45) is 0. The van der Waals surface area contributed by atoms with Gasteiger partial charge in [-0.1, -0.05) is 6.07 Å². The van der Waals surface area contributed by atoms with Gasteiger partial charge in [-0.25, -0.2) is 4.39 Å². The third kappa shape index (κ3) is 2.96. The van der Waals surface area contributed by atoms with Crippen LogP contribution in [0.25, 0.3) is 0 Å². The Morgan fingerprint density at radius 1 is 1.00 bits per heavy atom. The van der Waals surface area contributed by atoms with Crippen molar-refractivity contribution in [3.05, 3.63) is 47.8 Å². The Kier molecular flexibility index (Phi) is 4.69. The van der Waals surface area contributed by atoms with E-state index in [9.17, 15) is 4.39 Å². The minimum atomic E-state index is -0.361. The van der Waals surface area contributed by atoms with Crippen LogP contribution >= 0.6 is 11.6 Å². The Bertz CT molecular complexity index is 579. The average molecular weight is 297 g/mol. The zero-order chi connectivity index (χ0) is 14.5. The van der Waals surface area contributed by atoms with E-state index in [0.29, 0.717) is 28.6 Å². The van der Waals surface area contributed by atoms with Crippen LogP contribution in [0.4, 0.5) is 4.39 Å². The van der Waals surface area contributed by atoms with Crippen molar-refractivity contribution < 1.29 is 18.6 Å². The fraction of sp³-hybridized carbons (Fsp3) is 0.200. The molecule has 0 saturated heterocycles. The summed E-state index contributed by atoms with van der Waals surface area (Å²) >= 11 is 5.81. The molecule has 0 atom stereocenters. The molecule has 0 fully saturated rings. The van der Waals surface area contributed by atoms with Gasteiger partial charge in [0.25, 0.3) is 0 Å². The minimum absolute atomic E-state index is 0.143. The number of ether oxygens (including phenoxy) is 3. The van der Waals surface area contributed by atoms with E-state index in [2.05, 4.69) is 0 Å². The highest BCUT2D eigenvalue weighted by Gasteiger charge is 2.14. The first-order valence-electron chi connectivity index (χ1n) is 5.92. The van der Waals surface area contributed by atoms with E-state index in [1.54, 1.807) is 18.2 Å². The second-order valence-corrected chi connectivity index (χ2v) is 4.25. The van der Waals surface area contributed by atoms with Gasteiger partial charge in [0.15, 0.2) is 11.5 Å². The van der Waals surface area contributed by atoms with E-state index in [1.165, 1.54) is 32.4 Å². The van der Waals surface area contributed by atoms with Crippen molar-refractivity contribution in [2.75, 3.05) is 14.2 Å². The number of halogens is 2. The first kappa shape index (κ1) is 14.5. The fourth-order valence-corrected chi connectivity index (χ4v) is 1.99. The molecular formula is C15H14ClFO3. The van der Waals surface area contributed by atoms with Crippen molar-refractivity contribution in [1.29, 1.82) is 0 Å². The first-order chi connectivity index (χ1) is 9.69. The van der Waals surface area contributed by atoms with Crippen LogP contribution < -0.4 is 14.2 Å². The van der Waals surface area contributed by atoms with E-state index >= 15 is 0 Å². The number of para-hydroxylation sites is 1. The molecule has 0 unspecified atom stereocenters. The smallest absolute Gasteiger partial charge is 0.211 e. The Balaban J connectivity index is 2.44. The van der Waals surface area contributed by atoms with Gasteiger partial charge in [-0.3, -0.25) is 0 Å². The van der Waals surface area contributed by atoms with Crippen LogP contribution in [-0.4, -0.2) is 14.2 Å². The van der Waals surface area contributed by atoms with Crippen LogP contribution in [0.2, 0.25) is 0 Å². The molecule has 3 nitrogen and oxygen atoms in total. The predicted octanol–water partition coefficient (Wildman–Crippen LogP) is 4.37. The molecule has 0 aliphatic heterocycles. The van der Waals surface area contributed by atoms with Gasteiger partial charge in [-0.2, -0.15) is 0 Å². The first-order valence-corrected chi connectivity index (χ1v) is 6.46. The molecule has 0 aliphatic rings. The molecule has 0 N–H and O–H groups in total. The predicted molar refractivity (Wildman–Crippen MR) is 75.6 cm³/mol. The lowest BCUT2D eigenvalue weighted by atomic mass is 10.2. The Labute approximate surface area is 121 Å². The van der Waals surface area contributed by atoms with E-state index in [4.69, 9.17) is 25.8 Å². The topological polar surface area (TPSA) is 27.7 Å². The molecule has 5 heteroatoms. The highest BCUT2D eigenvalue weighted by molar-refractivity contribution is 6.17. The lowest BCUT2D eigenvalue weighted by Crippen LogP contribution is -1.96. The monoisotopic (exact) mass is 296 g/mol. The number of alkyl halides is 1. The molecule has 0 aliphatic carbocycles. The van der Waals surface area contributed by atoms with E-state index < -0.39 is 0 Å². The highest BCUT2D eigenvalue weighted by atomic mass is 35.5. The van der Waals surface area contributed by atoms with Gasteiger partial charge in [0.05, 0.1) is 20.1 Å². The van der Waals surface area contributed by atoms with Crippen molar-refractivity contribution in [1.82, 2.24) is 0 Å². The second kappa shape index (κ2) is 6.48. The summed E-state index contributed by atoms with van der Waals surface area (Å²) in [5.74, 6) is 1.72. The number of hydrogen-bond donors (Lipinski definition) is 0. The maximum atomic E-state index is 13.2. The van der Waals surface area contributed by atoms with Crippen LogP contribution in [0.1, 0.15) is 5.56 Å². The molecule has 0 heterocycles. The lowest BCUT2D eigenvalue weighted by Gasteiger charge is -2.15. The van der Waals surface area contributed by atoms with Gasteiger partial charge in [-0.05, 0) is 30.3 Å². The summed E-state index contributed by atoms with van der Waals surface area (Å²) in [6, 6.07) is 9.47. The average Bonchev–Trinajstić information content (AvgIpc) is 2.49. The summed E-state index contributed by atoms with van der Waals surface area (Å²) in [5, 5.41) is 0. The molecule has 106 valence electrons. The number of hydrogen-bond acceptors (Lipinski definition) is 3. The third-order valence-electron chi connectivity index (χ3n) is 2.76. The summed E-state index contributed by atoms with van der Waals surface area (Å²) < 4.78 is 29.5. The molecule has 0 spiro atoms. The van der Waals surface area contributed by atoms with Crippen molar-refractivity contribution in [3.63, 3.8) is 0 Å². The van der Waals surface area contributed by atoms with Crippen LogP contribution in [0.5, 0.6) is 23.0 Å². The number of benzene rings is 2. The summed E-state index contributed by atoms with van der Waals surface area (Å²) in [7, 11) is 3.07. The molecule has 0 radical (unpaired) electrons. The van der Waals surface area contributed by atoms with Gasteiger partial charge < -0.3 is 14.2 Å². The molecule has 20 heavy (non-hydrogen) atoms. The molecule has 2 rings (SSSR count). The van der Waals surface area contributed by atoms with Crippen LogP contribution in [0.3, 0.4) is 0 Å². The Morgan fingerprint density at radius 3 is 2.20 bits per heavy atom.